The van der Waals surface area contributed by atoms with E-state index in [1.165, 1.54) is 12.1 Å². The van der Waals surface area contributed by atoms with E-state index in [0.717, 1.165) is 22.1 Å². The Hall–Kier alpha value is -2.39. The number of rotatable bonds is 4. The summed E-state index contributed by atoms with van der Waals surface area (Å²) in [6, 6.07) is 12.0. The number of nitrogens with one attached hydrogen (secondary N) is 1. The van der Waals surface area contributed by atoms with Gasteiger partial charge in [0.05, 0.1) is 16.2 Å². The minimum Gasteiger partial charge on any atom is -0.354 e. The molecule has 6 heteroatoms. The molecular weight excluding hydrogens is 334 g/mol. The van der Waals surface area contributed by atoms with E-state index in [9.17, 15) is 10.1 Å². The van der Waals surface area contributed by atoms with E-state index < -0.39 is 4.92 Å². The van der Waals surface area contributed by atoms with Crippen molar-refractivity contribution in [2.24, 2.45) is 0 Å². The minimum absolute atomic E-state index is 0.0939. The zero-order chi connectivity index (χ0) is 15.4. The number of benzene rings is 2. The number of nitro groups is 1. The van der Waals surface area contributed by atoms with E-state index in [0.29, 0.717) is 5.69 Å². The molecule has 0 atom stereocenters. The molecule has 2 rings (SSSR count). The van der Waals surface area contributed by atoms with Gasteiger partial charge < -0.3 is 5.32 Å². The van der Waals surface area contributed by atoms with Gasteiger partial charge in [0.1, 0.15) is 6.07 Å². The fraction of sp³-hybridized carbons (Fsp3) is 0.133. The number of nitriles is 1. The van der Waals surface area contributed by atoms with Crippen LogP contribution in [0.3, 0.4) is 0 Å². The maximum atomic E-state index is 10.7. The molecule has 21 heavy (non-hydrogen) atoms. The maximum Gasteiger partial charge on any atom is 0.270 e. The molecule has 0 aliphatic carbocycles. The Balaban J connectivity index is 2.40. The molecule has 0 saturated carbocycles. The second-order valence-electron chi connectivity index (χ2n) is 4.38. The van der Waals surface area contributed by atoms with Gasteiger partial charge in [-0.15, -0.1) is 0 Å². The van der Waals surface area contributed by atoms with E-state index in [4.69, 9.17) is 5.26 Å². The largest absolute Gasteiger partial charge is 0.354 e. The predicted molar refractivity (Wildman–Crippen MR) is 84.6 cm³/mol. The molecule has 0 bridgehead atoms. The first-order chi connectivity index (χ1) is 10.0. The van der Waals surface area contributed by atoms with Crippen molar-refractivity contribution < 1.29 is 4.92 Å². The van der Waals surface area contributed by atoms with Gasteiger partial charge in [-0.2, -0.15) is 5.26 Å². The van der Waals surface area contributed by atoms with Crippen LogP contribution in [0.4, 0.5) is 17.1 Å². The predicted octanol–water partition coefficient (Wildman–Crippen LogP) is 4.53. The molecule has 106 valence electrons. The average Bonchev–Trinajstić information content (AvgIpc) is 2.49. The third-order valence-corrected chi connectivity index (χ3v) is 3.55. The number of aryl methyl sites for hydroxylation is 1. The molecule has 0 unspecified atom stereocenters. The number of halogens is 1. The van der Waals surface area contributed by atoms with Crippen molar-refractivity contribution >= 4 is 33.0 Å². The minimum atomic E-state index is -0.512. The van der Waals surface area contributed by atoms with Gasteiger partial charge in [-0.25, -0.2) is 0 Å². The van der Waals surface area contributed by atoms with E-state index in [-0.39, 0.29) is 11.3 Å². The zero-order valence-electron chi connectivity index (χ0n) is 11.3. The summed E-state index contributed by atoms with van der Waals surface area (Å²) in [6.45, 7) is 2.04. The SMILES string of the molecule is CCc1cc(Br)ccc1Nc1ccc([N+](=O)[O-])cc1C#N. The summed E-state index contributed by atoms with van der Waals surface area (Å²) in [4.78, 5) is 10.2. The van der Waals surface area contributed by atoms with Crippen molar-refractivity contribution in [3.8, 4) is 6.07 Å². The fourth-order valence-corrected chi connectivity index (χ4v) is 2.38. The molecule has 2 aromatic rings. The first kappa shape index (κ1) is 15.0. The molecule has 0 aliphatic heterocycles. The third kappa shape index (κ3) is 3.38. The van der Waals surface area contributed by atoms with Gasteiger partial charge in [-0.05, 0) is 36.2 Å². The van der Waals surface area contributed by atoms with Gasteiger partial charge in [-0.1, -0.05) is 22.9 Å². The van der Waals surface area contributed by atoms with E-state index in [2.05, 4.69) is 21.2 Å². The van der Waals surface area contributed by atoms with Crippen molar-refractivity contribution in [1.29, 1.82) is 5.26 Å². The summed E-state index contributed by atoms with van der Waals surface area (Å²) in [5, 5.41) is 23.1. The van der Waals surface area contributed by atoms with Gasteiger partial charge in [0, 0.05) is 22.3 Å². The zero-order valence-corrected chi connectivity index (χ0v) is 12.8. The summed E-state index contributed by atoms with van der Waals surface area (Å²) < 4.78 is 0.981. The quantitative estimate of drug-likeness (QED) is 0.651. The summed E-state index contributed by atoms with van der Waals surface area (Å²) in [6.07, 6.45) is 0.830. The van der Waals surface area contributed by atoms with Gasteiger partial charge in [0.2, 0.25) is 0 Å². The highest BCUT2D eigenvalue weighted by Gasteiger charge is 2.11. The third-order valence-electron chi connectivity index (χ3n) is 3.05. The summed E-state index contributed by atoms with van der Waals surface area (Å²) in [5.74, 6) is 0. The molecule has 0 heterocycles. The Bertz CT molecular complexity index is 738. The van der Waals surface area contributed by atoms with Crippen LogP contribution in [0.15, 0.2) is 40.9 Å². The Morgan fingerprint density at radius 3 is 2.62 bits per heavy atom. The first-order valence-electron chi connectivity index (χ1n) is 6.29. The summed E-state index contributed by atoms with van der Waals surface area (Å²) >= 11 is 3.42. The van der Waals surface area contributed by atoms with E-state index in [1.807, 2.05) is 31.2 Å². The van der Waals surface area contributed by atoms with Crippen molar-refractivity contribution in [3.05, 3.63) is 62.1 Å². The van der Waals surface area contributed by atoms with Crippen LogP contribution in [0.1, 0.15) is 18.1 Å². The van der Waals surface area contributed by atoms with Crippen LogP contribution >= 0.6 is 15.9 Å². The number of hydrogen-bond acceptors (Lipinski definition) is 4. The Kier molecular flexibility index (Phi) is 4.55. The van der Waals surface area contributed by atoms with Crippen molar-refractivity contribution in [1.82, 2.24) is 0 Å². The molecule has 0 aliphatic rings. The second kappa shape index (κ2) is 6.37. The number of hydrogen-bond donors (Lipinski definition) is 1. The van der Waals surface area contributed by atoms with Crippen LogP contribution in [0.5, 0.6) is 0 Å². The lowest BCUT2D eigenvalue weighted by atomic mass is 10.1. The van der Waals surface area contributed by atoms with Crippen LogP contribution in [-0.2, 0) is 6.42 Å². The monoisotopic (exact) mass is 345 g/mol. The van der Waals surface area contributed by atoms with Gasteiger partial charge >= 0.3 is 0 Å². The van der Waals surface area contributed by atoms with Crippen LogP contribution in [0.2, 0.25) is 0 Å². The van der Waals surface area contributed by atoms with Gasteiger partial charge in [-0.3, -0.25) is 10.1 Å². The van der Waals surface area contributed by atoms with Crippen LogP contribution in [-0.4, -0.2) is 4.92 Å². The number of nitro benzene ring substituents is 1. The van der Waals surface area contributed by atoms with E-state index in [1.54, 1.807) is 6.07 Å². The normalized spacial score (nSPS) is 9.95. The van der Waals surface area contributed by atoms with Crippen LogP contribution < -0.4 is 5.32 Å². The van der Waals surface area contributed by atoms with E-state index >= 15 is 0 Å². The average molecular weight is 346 g/mol. The lowest BCUT2D eigenvalue weighted by Gasteiger charge is -2.12. The maximum absolute atomic E-state index is 10.7. The van der Waals surface area contributed by atoms with Gasteiger partial charge in [0.15, 0.2) is 0 Å². The topological polar surface area (TPSA) is 79.0 Å². The number of nitrogens with zero attached hydrogens (tertiary/aromatic N) is 2. The molecule has 0 spiro atoms. The summed E-state index contributed by atoms with van der Waals surface area (Å²) in [5.41, 5.74) is 2.68. The number of non-ortho nitro benzene ring substituents is 1. The van der Waals surface area contributed by atoms with Gasteiger partial charge in [0.25, 0.3) is 5.69 Å². The fourth-order valence-electron chi connectivity index (χ4n) is 1.97. The standard InChI is InChI=1S/C15H12BrN3O2/c1-2-10-7-12(16)3-5-14(10)18-15-6-4-13(19(20)21)8-11(15)9-17/h3-8,18H,2H2,1H3. The summed E-state index contributed by atoms with van der Waals surface area (Å²) in [7, 11) is 0. The van der Waals surface area contributed by atoms with Crippen LogP contribution in [0.25, 0.3) is 0 Å². The lowest BCUT2D eigenvalue weighted by molar-refractivity contribution is -0.384. The Morgan fingerprint density at radius 2 is 2.00 bits per heavy atom. The highest BCUT2D eigenvalue weighted by Crippen LogP contribution is 2.28. The second-order valence-corrected chi connectivity index (χ2v) is 5.29. The van der Waals surface area contributed by atoms with Crippen molar-refractivity contribution in [2.45, 2.75) is 13.3 Å². The molecule has 0 amide bonds. The molecule has 0 fully saturated rings. The highest BCUT2D eigenvalue weighted by molar-refractivity contribution is 9.10. The molecular formula is C15H12BrN3O2. The smallest absolute Gasteiger partial charge is 0.270 e. The molecule has 2 aromatic carbocycles. The first-order valence-corrected chi connectivity index (χ1v) is 7.08. The molecule has 0 aromatic heterocycles. The Morgan fingerprint density at radius 1 is 1.29 bits per heavy atom. The molecule has 5 nitrogen and oxygen atoms in total. The highest BCUT2D eigenvalue weighted by atomic mass is 79.9. The lowest BCUT2D eigenvalue weighted by Crippen LogP contribution is -1.98. The number of anilines is 2. The van der Waals surface area contributed by atoms with Crippen molar-refractivity contribution in [3.63, 3.8) is 0 Å². The van der Waals surface area contributed by atoms with Crippen LogP contribution in [0, 0.1) is 21.4 Å². The Labute approximate surface area is 130 Å². The molecule has 0 radical (unpaired) electrons. The molecule has 1 N–H and O–H groups in total. The van der Waals surface area contributed by atoms with Crippen molar-refractivity contribution in [2.75, 3.05) is 5.32 Å². The molecule has 0 saturated heterocycles.